The molecule has 0 aliphatic carbocycles. The van der Waals surface area contributed by atoms with Crippen molar-refractivity contribution >= 4 is 126 Å². The van der Waals surface area contributed by atoms with Crippen LogP contribution in [0.1, 0.15) is 71.8 Å². The molecule has 0 spiro atoms. The average molecular weight is 1550 g/mol. The van der Waals surface area contributed by atoms with Crippen molar-refractivity contribution in [2.45, 2.75) is 0 Å². The fraction of sp³-hybridized carbons (Fsp3) is 0.0112. The molecule has 0 unspecified atom stereocenters. The highest BCUT2D eigenvalue weighted by Gasteiger charge is 2.22. The van der Waals surface area contributed by atoms with Crippen molar-refractivity contribution in [2.24, 2.45) is 0 Å². The lowest BCUT2D eigenvalue weighted by Gasteiger charge is -2.08. The van der Waals surface area contributed by atoms with E-state index in [0.717, 1.165) is 60.9 Å². The van der Waals surface area contributed by atoms with E-state index in [1.54, 1.807) is 121 Å². The fourth-order valence-corrected chi connectivity index (χ4v) is 11.0. The number of thiophene rings is 1. The van der Waals surface area contributed by atoms with Gasteiger partial charge in [-0.25, -0.2) is 33.6 Å². The molecule has 0 atom stereocenters. The summed E-state index contributed by atoms with van der Waals surface area (Å²) < 4.78 is 16.3. The van der Waals surface area contributed by atoms with Crippen molar-refractivity contribution in [3.63, 3.8) is 0 Å². The van der Waals surface area contributed by atoms with Gasteiger partial charge in [0.1, 0.15) is 28.4 Å². The maximum absolute atomic E-state index is 11.5. The molecule has 0 radical (unpaired) electrons. The van der Waals surface area contributed by atoms with Gasteiger partial charge in [0.15, 0.2) is 0 Å². The third-order valence-electron chi connectivity index (χ3n) is 16.0. The minimum absolute atomic E-state index is 0.128. The van der Waals surface area contributed by atoms with Crippen LogP contribution in [0.25, 0.3) is 66.1 Å². The number of carboxylic acid groups (broad SMARTS) is 7. The molecule has 0 amide bonds. The van der Waals surface area contributed by atoms with E-state index in [4.69, 9.17) is 49.6 Å². The van der Waals surface area contributed by atoms with E-state index in [-0.39, 0.29) is 38.3 Å². The third-order valence-corrected chi connectivity index (χ3v) is 16.8. The van der Waals surface area contributed by atoms with Gasteiger partial charge in [-0.05, 0) is 123 Å². The number of rotatable bonds is 20. The molecular formula is C89H62O24S. The first-order chi connectivity index (χ1) is 54.7. The maximum Gasteiger partial charge on any atom is 0.378 e. The molecule has 25 heteroatoms. The SMILES string of the molecule is COc1ccc(C(=O)C(=O)O)c2ccccc12.O=C(O)C(=O)c1ccc(-c2ccc(-c3ccccc3)cc2)cc1.O=C(O)C(=O)c1ccc(-c2ccccc2)cc1.O=C(O)C(=O)c1ccc(Oc2ccccc2)cc1.O=C(O)C(=O)c1ccc2oc3ccccc3c2c1.O=C(O)C(=O)c1ccccc1.O=C(O)C(=O)c1cccs1. The minimum atomic E-state index is -1.47. The Morgan fingerprint density at radius 1 is 0.263 bits per heavy atom. The van der Waals surface area contributed by atoms with Crippen LogP contribution in [0.5, 0.6) is 17.2 Å². The standard InChI is InChI=1S/C20H14O3.C14H8O4.C14H10O4.C14H10O3.C13H10O4.C8H6O3.C6H4O3S/c21-19(20(22)23)18-12-10-17(11-13-18)16-8-6-15(7-9-16)14-4-2-1-3-5-14;15-13(14(16)17)8-5-6-12-10(7-8)9-3-1-2-4-11(9)18-12;15-13(14(16)17)10-6-8-12(9-7-10)18-11-4-2-1-3-5-11;15-13(14(16)17)12-8-6-11(7-9-12)10-4-2-1-3-5-10;1-17-11-7-6-10(12(14)13(15)16)8-4-2-3-5-9(8)11;9-7(8(10)11)6-4-2-1-3-5-6;7-5(6(8)9)4-2-1-3-10-4/h1-13H,(H,22,23);1-7H,(H,16,17);1-9H,(H,16,17);1-9H,(H,16,17);2-7H,1H3,(H,15,16);1-5H,(H,10,11);1-3H,(H,8,9). The number of carbonyl (C=O) groups excluding carboxylic acids is 7. The van der Waals surface area contributed by atoms with E-state index in [0.29, 0.717) is 33.8 Å². The topological polar surface area (TPSA) is 412 Å². The second-order valence-corrected chi connectivity index (χ2v) is 24.3. The number of hydrogen-bond acceptors (Lipinski definition) is 18. The van der Waals surface area contributed by atoms with Crippen LogP contribution in [0.4, 0.5) is 0 Å². The van der Waals surface area contributed by atoms with Gasteiger partial charge >= 0.3 is 41.8 Å². The Labute approximate surface area is 650 Å². The van der Waals surface area contributed by atoms with Gasteiger partial charge in [0.2, 0.25) is 0 Å². The Hall–Kier alpha value is -16.0. The zero-order valence-corrected chi connectivity index (χ0v) is 60.3. The number of fused-ring (bicyclic) bond motifs is 4. The van der Waals surface area contributed by atoms with Crippen LogP contribution in [0, 0.1) is 0 Å². The van der Waals surface area contributed by atoms with Gasteiger partial charge in [0.05, 0.1) is 12.0 Å². The first-order valence-corrected chi connectivity index (χ1v) is 34.4. The average Bonchev–Trinajstić information content (AvgIpc) is 1.44. The van der Waals surface area contributed by atoms with E-state index < -0.39 is 82.3 Å². The van der Waals surface area contributed by atoms with Crippen molar-refractivity contribution in [3.05, 3.63) is 353 Å². The van der Waals surface area contributed by atoms with Gasteiger partial charge in [0.25, 0.3) is 40.5 Å². The number of ketones is 7. The summed E-state index contributed by atoms with van der Waals surface area (Å²) in [5.74, 6) is -14.5. The first-order valence-electron chi connectivity index (χ1n) is 33.5. The van der Waals surface area contributed by atoms with Crippen LogP contribution >= 0.6 is 11.3 Å². The number of furan rings is 1. The van der Waals surface area contributed by atoms with Gasteiger partial charge in [-0.2, -0.15) is 0 Å². The van der Waals surface area contributed by atoms with Gasteiger partial charge in [-0.3, -0.25) is 33.6 Å². The zero-order chi connectivity index (χ0) is 82.4. The number of methoxy groups -OCH3 is 1. The highest BCUT2D eigenvalue weighted by Crippen LogP contribution is 2.32. The third kappa shape index (κ3) is 23.2. The van der Waals surface area contributed by atoms with Crippen LogP contribution in [0.2, 0.25) is 0 Å². The summed E-state index contributed by atoms with van der Waals surface area (Å²) in [6, 6.07) is 89.3. The van der Waals surface area contributed by atoms with Crippen LogP contribution in [-0.4, -0.2) is 125 Å². The van der Waals surface area contributed by atoms with E-state index in [1.807, 2.05) is 115 Å². The van der Waals surface area contributed by atoms with E-state index in [9.17, 15) is 67.1 Å². The summed E-state index contributed by atoms with van der Waals surface area (Å²) in [6.07, 6.45) is 0. The Kier molecular flexibility index (Phi) is 29.9. The molecule has 0 saturated carbocycles. The second kappa shape index (κ2) is 40.8. The maximum atomic E-state index is 11.5. The predicted molar refractivity (Wildman–Crippen MR) is 421 cm³/mol. The Morgan fingerprint density at radius 3 is 1.00 bits per heavy atom. The Morgan fingerprint density at radius 2 is 0.588 bits per heavy atom. The summed E-state index contributed by atoms with van der Waals surface area (Å²) in [7, 11) is 1.53. The number of carbonyl (C=O) groups is 14. The quantitative estimate of drug-likeness (QED) is 0.0275. The predicted octanol–water partition coefficient (Wildman–Crippen LogP) is 16.6. The van der Waals surface area contributed by atoms with Crippen LogP contribution < -0.4 is 9.47 Å². The Balaban J connectivity index is 0.000000169. The summed E-state index contributed by atoms with van der Waals surface area (Å²) in [5.41, 5.74) is 8.61. The normalized spacial score (nSPS) is 10.0. The number of benzene rings is 12. The van der Waals surface area contributed by atoms with E-state index in [2.05, 4.69) is 12.1 Å². The molecule has 7 N–H and O–H groups in total. The molecule has 114 heavy (non-hydrogen) atoms. The van der Waals surface area contributed by atoms with Crippen molar-refractivity contribution in [1.29, 1.82) is 0 Å². The monoisotopic (exact) mass is 1550 g/mol. The molecule has 12 aromatic carbocycles. The summed E-state index contributed by atoms with van der Waals surface area (Å²) in [5, 5.41) is 64.4. The van der Waals surface area contributed by atoms with Gasteiger partial charge < -0.3 is 49.6 Å². The van der Waals surface area contributed by atoms with E-state index in [1.165, 1.54) is 73.8 Å². The molecule has 0 aliphatic rings. The molecule has 14 aromatic rings. The highest BCUT2D eigenvalue weighted by molar-refractivity contribution is 7.12. The van der Waals surface area contributed by atoms with Crippen molar-refractivity contribution < 1.29 is 117 Å². The molecule has 0 fully saturated rings. The highest BCUT2D eigenvalue weighted by atomic mass is 32.1. The number of aliphatic carboxylic acids is 7. The smallest absolute Gasteiger partial charge is 0.378 e. The summed E-state index contributed by atoms with van der Waals surface area (Å²) in [6.45, 7) is 0. The molecule has 0 saturated heterocycles. The summed E-state index contributed by atoms with van der Waals surface area (Å²) in [4.78, 5) is 152. The molecule has 2 heterocycles. The molecule has 0 aliphatic heterocycles. The molecule has 14 rings (SSSR count). The number of hydrogen-bond donors (Lipinski definition) is 7. The number of Topliss-reactive ketones (excluding diaryl/α,β-unsaturated/α-hetero) is 7. The molecule has 0 bridgehead atoms. The van der Waals surface area contributed by atoms with Crippen molar-refractivity contribution in [1.82, 2.24) is 0 Å². The number of carboxylic acids is 7. The molecule has 24 nitrogen and oxygen atoms in total. The number of para-hydroxylation sites is 2. The van der Waals surface area contributed by atoms with E-state index >= 15 is 0 Å². The van der Waals surface area contributed by atoms with Crippen LogP contribution in [-0.2, 0) is 33.6 Å². The first kappa shape index (κ1) is 83.6. The van der Waals surface area contributed by atoms with Crippen molar-refractivity contribution in [3.8, 4) is 50.6 Å². The summed E-state index contributed by atoms with van der Waals surface area (Å²) >= 11 is 1.13. The fourth-order valence-electron chi connectivity index (χ4n) is 10.4. The number of ether oxygens (including phenoxy) is 2. The Bertz CT molecular complexity index is 5830. The molecule has 568 valence electrons. The van der Waals surface area contributed by atoms with Gasteiger partial charge in [-0.1, -0.05) is 231 Å². The van der Waals surface area contributed by atoms with Crippen LogP contribution in [0.15, 0.2) is 319 Å². The largest absolute Gasteiger partial charge is 0.496 e. The van der Waals surface area contributed by atoms with Crippen LogP contribution in [0.3, 0.4) is 0 Å². The lowest BCUT2D eigenvalue weighted by molar-refractivity contribution is -0.132. The second-order valence-electron chi connectivity index (χ2n) is 23.4. The lowest BCUT2D eigenvalue weighted by atomic mass is 9.99. The zero-order valence-electron chi connectivity index (χ0n) is 59.5. The molecular weight excluding hydrogens is 1490 g/mol. The lowest BCUT2D eigenvalue weighted by Crippen LogP contribution is -2.13. The van der Waals surface area contributed by atoms with Gasteiger partial charge in [-0.15, -0.1) is 11.3 Å². The molecule has 2 aromatic heterocycles. The van der Waals surface area contributed by atoms with Gasteiger partial charge in [0, 0.05) is 49.5 Å². The van der Waals surface area contributed by atoms with Crippen molar-refractivity contribution in [2.75, 3.05) is 7.11 Å². The minimum Gasteiger partial charge on any atom is -0.496 e.